The summed E-state index contributed by atoms with van der Waals surface area (Å²) in [7, 11) is 0. The normalized spacial score (nSPS) is 12.9. The predicted octanol–water partition coefficient (Wildman–Crippen LogP) is 3.24. The number of nitriles is 1. The summed E-state index contributed by atoms with van der Waals surface area (Å²) in [6, 6.07) is 12.0. The standard InChI is InChI=1S/C14H16N2/c1-3-7-13(14(10-15)11(2)16)12-8-5-4-6-9-12/h4-9H,3,16H2,1-2H3/b13-7+,14-11-. The van der Waals surface area contributed by atoms with E-state index in [2.05, 4.69) is 6.07 Å². The van der Waals surface area contributed by atoms with Crippen LogP contribution < -0.4 is 5.73 Å². The average Bonchev–Trinajstić information content (AvgIpc) is 2.29. The van der Waals surface area contributed by atoms with Gasteiger partial charge in [-0.15, -0.1) is 0 Å². The van der Waals surface area contributed by atoms with Gasteiger partial charge in [-0.25, -0.2) is 0 Å². The van der Waals surface area contributed by atoms with E-state index in [1.165, 1.54) is 0 Å². The third kappa shape index (κ3) is 2.74. The van der Waals surface area contributed by atoms with Gasteiger partial charge in [-0.2, -0.15) is 5.26 Å². The summed E-state index contributed by atoms with van der Waals surface area (Å²) in [6.07, 6.45) is 2.91. The van der Waals surface area contributed by atoms with Crippen LogP contribution in [0, 0.1) is 11.3 Å². The van der Waals surface area contributed by atoms with Crippen LogP contribution in [0.15, 0.2) is 47.7 Å². The maximum absolute atomic E-state index is 9.13. The molecule has 0 saturated carbocycles. The summed E-state index contributed by atoms with van der Waals surface area (Å²) >= 11 is 0. The van der Waals surface area contributed by atoms with Crippen molar-refractivity contribution in [3.8, 4) is 6.07 Å². The second-order valence-corrected chi connectivity index (χ2v) is 3.56. The maximum Gasteiger partial charge on any atom is 0.102 e. The summed E-state index contributed by atoms with van der Waals surface area (Å²) in [5.74, 6) is 0. The van der Waals surface area contributed by atoms with Gasteiger partial charge in [0.25, 0.3) is 0 Å². The van der Waals surface area contributed by atoms with Gasteiger partial charge in [0.05, 0.1) is 5.57 Å². The molecule has 0 saturated heterocycles. The molecule has 0 amide bonds. The molecule has 1 aromatic rings. The molecule has 0 aliphatic carbocycles. The van der Waals surface area contributed by atoms with Crippen molar-refractivity contribution in [1.29, 1.82) is 5.26 Å². The van der Waals surface area contributed by atoms with E-state index in [4.69, 9.17) is 11.0 Å². The molecule has 0 bridgehead atoms. The molecule has 0 atom stereocenters. The highest BCUT2D eigenvalue weighted by molar-refractivity contribution is 5.83. The van der Waals surface area contributed by atoms with Crippen LogP contribution in [0.4, 0.5) is 0 Å². The molecule has 2 nitrogen and oxygen atoms in total. The first kappa shape index (κ1) is 12.1. The molecule has 0 aromatic heterocycles. The molecule has 0 fully saturated rings. The minimum atomic E-state index is 0.561. The molecule has 0 heterocycles. The van der Waals surface area contributed by atoms with Crippen LogP contribution >= 0.6 is 0 Å². The van der Waals surface area contributed by atoms with Crippen LogP contribution in [-0.4, -0.2) is 0 Å². The Labute approximate surface area is 96.7 Å². The first-order valence-corrected chi connectivity index (χ1v) is 5.33. The van der Waals surface area contributed by atoms with Gasteiger partial charge < -0.3 is 5.73 Å². The molecule has 0 spiro atoms. The minimum absolute atomic E-state index is 0.561. The van der Waals surface area contributed by atoms with Gasteiger partial charge in [0, 0.05) is 5.70 Å². The lowest BCUT2D eigenvalue weighted by molar-refractivity contribution is 1.21. The Hall–Kier alpha value is -2.01. The zero-order valence-corrected chi connectivity index (χ0v) is 9.70. The van der Waals surface area contributed by atoms with Crippen LogP contribution in [0.5, 0.6) is 0 Å². The van der Waals surface area contributed by atoms with Crippen LogP contribution in [-0.2, 0) is 0 Å². The fraction of sp³-hybridized carbons (Fsp3) is 0.214. The Morgan fingerprint density at radius 3 is 2.44 bits per heavy atom. The molecule has 82 valence electrons. The van der Waals surface area contributed by atoms with E-state index in [0.717, 1.165) is 17.6 Å². The summed E-state index contributed by atoms with van der Waals surface area (Å²) in [5.41, 5.74) is 8.81. The molecule has 16 heavy (non-hydrogen) atoms. The number of rotatable bonds is 3. The molecule has 0 radical (unpaired) electrons. The van der Waals surface area contributed by atoms with E-state index in [-0.39, 0.29) is 0 Å². The lowest BCUT2D eigenvalue weighted by Crippen LogP contribution is -1.99. The third-order valence-corrected chi connectivity index (χ3v) is 2.27. The summed E-state index contributed by atoms with van der Waals surface area (Å²) < 4.78 is 0. The second-order valence-electron chi connectivity index (χ2n) is 3.56. The first-order valence-electron chi connectivity index (χ1n) is 5.33. The number of allylic oxidation sites excluding steroid dienone is 4. The molecule has 2 heteroatoms. The first-order chi connectivity index (χ1) is 7.70. The Balaban J connectivity index is 3.28. The van der Waals surface area contributed by atoms with E-state index < -0.39 is 0 Å². The number of benzene rings is 1. The van der Waals surface area contributed by atoms with Gasteiger partial charge in [0.1, 0.15) is 6.07 Å². The molecule has 1 rings (SSSR count). The van der Waals surface area contributed by atoms with Crippen molar-refractivity contribution in [2.24, 2.45) is 5.73 Å². The SMILES string of the molecule is CC/C=C(/C(C#N)=C(/C)N)c1ccccc1. The molecule has 2 N–H and O–H groups in total. The maximum atomic E-state index is 9.13. The van der Waals surface area contributed by atoms with Crippen molar-refractivity contribution < 1.29 is 0 Å². The molecule has 0 aliphatic rings. The minimum Gasteiger partial charge on any atom is -0.401 e. The smallest absolute Gasteiger partial charge is 0.102 e. The molecule has 0 unspecified atom stereocenters. The summed E-state index contributed by atoms with van der Waals surface area (Å²) in [4.78, 5) is 0. The number of hydrogen-bond donors (Lipinski definition) is 1. The molecule has 0 aliphatic heterocycles. The van der Waals surface area contributed by atoms with E-state index in [0.29, 0.717) is 11.3 Å². The predicted molar refractivity (Wildman–Crippen MR) is 67.2 cm³/mol. The Bertz CT molecular complexity index is 443. The number of nitrogens with zero attached hydrogens (tertiary/aromatic N) is 1. The monoisotopic (exact) mass is 212 g/mol. The van der Waals surface area contributed by atoms with Crippen molar-refractivity contribution >= 4 is 5.57 Å². The van der Waals surface area contributed by atoms with Crippen LogP contribution in [0.3, 0.4) is 0 Å². The highest BCUT2D eigenvalue weighted by atomic mass is 14.6. The van der Waals surface area contributed by atoms with Gasteiger partial charge in [-0.1, -0.05) is 43.3 Å². The molecular formula is C14H16N2. The average molecular weight is 212 g/mol. The van der Waals surface area contributed by atoms with E-state index in [1.807, 2.05) is 43.3 Å². The van der Waals surface area contributed by atoms with Gasteiger partial charge in [-0.05, 0) is 24.5 Å². The highest BCUT2D eigenvalue weighted by Gasteiger charge is 2.08. The quantitative estimate of drug-likeness (QED) is 0.617. The van der Waals surface area contributed by atoms with Crippen molar-refractivity contribution in [2.45, 2.75) is 20.3 Å². The fourth-order valence-corrected chi connectivity index (χ4v) is 1.55. The van der Waals surface area contributed by atoms with Gasteiger partial charge in [0.15, 0.2) is 0 Å². The Kier molecular flexibility index (Phi) is 4.35. The Morgan fingerprint density at radius 2 is 2.00 bits per heavy atom. The van der Waals surface area contributed by atoms with Crippen molar-refractivity contribution in [2.75, 3.05) is 0 Å². The fourth-order valence-electron chi connectivity index (χ4n) is 1.55. The van der Waals surface area contributed by atoms with Crippen LogP contribution in [0.1, 0.15) is 25.8 Å². The van der Waals surface area contributed by atoms with Gasteiger partial charge >= 0.3 is 0 Å². The zero-order valence-electron chi connectivity index (χ0n) is 9.70. The zero-order chi connectivity index (χ0) is 12.0. The van der Waals surface area contributed by atoms with Gasteiger partial charge in [-0.3, -0.25) is 0 Å². The van der Waals surface area contributed by atoms with E-state index >= 15 is 0 Å². The largest absolute Gasteiger partial charge is 0.401 e. The summed E-state index contributed by atoms with van der Waals surface area (Å²) in [6.45, 7) is 3.80. The number of nitrogens with two attached hydrogens (primary N) is 1. The van der Waals surface area contributed by atoms with Crippen molar-refractivity contribution in [3.63, 3.8) is 0 Å². The van der Waals surface area contributed by atoms with Crippen LogP contribution in [0.2, 0.25) is 0 Å². The van der Waals surface area contributed by atoms with E-state index in [9.17, 15) is 0 Å². The second kappa shape index (κ2) is 5.77. The van der Waals surface area contributed by atoms with Crippen molar-refractivity contribution in [3.05, 3.63) is 53.2 Å². The highest BCUT2D eigenvalue weighted by Crippen LogP contribution is 2.24. The van der Waals surface area contributed by atoms with Crippen molar-refractivity contribution in [1.82, 2.24) is 0 Å². The summed E-state index contributed by atoms with van der Waals surface area (Å²) in [5, 5.41) is 9.13. The third-order valence-electron chi connectivity index (χ3n) is 2.27. The van der Waals surface area contributed by atoms with E-state index in [1.54, 1.807) is 6.92 Å². The lowest BCUT2D eigenvalue weighted by atomic mass is 9.96. The number of hydrogen-bond acceptors (Lipinski definition) is 2. The topological polar surface area (TPSA) is 49.8 Å². The Morgan fingerprint density at radius 1 is 1.38 bits per heavy atom. The van der Waals surface area contributed by atoms with Gasteiger partial charge in [0.2, 0.25) is 0 Å². The molecular weight excluding hydrogens is 196 g/mol. The lowest BCUT2D eigenvalue weighted by Gasteiger charge is -2.07. The van der Waals surface area contributed by atoms with Crippen LogP contribution in [0.25, 0.3) is 5.57 Å². The molecule has 1 aromatic carbocycles.